The highest BCUT2D eigenvalue weighted by atomic mass is 32.1. The second-order valence-corrected chi connectivity index (χ2v) is 3.65. The van der Waals surface area contributed by atoms with Crippen LogP contribution in [0.5, 0.6) is 0 Å². The van der Waals surface area contributed by atoms with Crippen molar-refractivity contribution in [3.63, 3.8) is 0 Å². The van der Waals surface area contributed by atoms with Gasteiger partial charge < -0.3 is 4.42 Å². The maximum Gasteiger partial charge on any atom is 0.181 e. The predicted octanol–water partition coefficient (Wildman–Crippen LogP) is 2.97. The molecule has 2 heterocycles. The van der Waals surface area contributed by atoms with Crippen molar-refractivity contribution >= 4 is 11.3 Å². The first-order chi connectivity index (χ1) is 5.90. The van der Waals surface area contributed by atoms with Gasteiger partial charge >= 0.3 is 0 Å². The fourth-order valence-electron chi connectivity index (χ4n) is 1.04. The van der Waals surface area contributed by atoms with Gasteiger partial charge in [0.1, 0.15) is 0 Å². The van der Waals surface area contributed by atoms with Gasteiger partial charge in [-0.25, -0.2) is 4.98 Å². The fraction of sp³-hybridized carbons (Fsp3) is 0.222. The van der Waals surface area contributed by atoms with Crippen LogP contribution >= 0.6 is 11.3 Å². The maximum atomic E-state index is 5.18. The van der Waals surface area contributed by atoms with Crippen LogP contribution in [0.1, 0.15) is 11.8 Å². The molecule has 2 aromatic rings. The molecular formula is C9H9NOS. The molecule has 0 N–H and O–H groups in total. The molecule has 0 spiro atoms. The monoisotopic (exact) mass is 179 g/mol. The molecule has 2 aromatic heterocycles. The second kappa shape index (κ2) is 3.11. The van der Waals surface area contributed by atoms with Crippen molar-refractivity contribution in [1.29, 1.82) is 0 Å². The Morgan fingerprint density at radius 1 is 1.50 bits per heavy atom. The minimum absolute atomic E-state index is 0.861. The molecule has 12 heavy (non-hydrogen) atoms. The van der Waals surface area contributed by atoms with Crippen molar-refractivity contribution in [3.8, 4) is 10.6 Å². The lowest BCUT2D eigenvalue weighted by Gasteiger charge is -1.86. The molecule has 62 valence electrons. The molecular weight excluding hydrogens is 170 g/mol. The van der Waals surface area contributed by atoms with Crippen LogP contribution in [0.4, 0.5) is 0 Å². The summed E-state index contributed by atoms with van der Waals surface area (Å²) in [5.41, 5.74) is 0. The summed E-state index contributed by atoms with van der Waals surface area (Å²) in [6, 6.07) is 4.20. The molecule has 0 saturated heterocycles. The number of rotatable bonds is 2. The van der Waals surface area contributed by atoms with Crippen LogP contribution in [0.3, 0.4) is 0 Å². The standard InChI is InChI=1S/C9H9NOS/c1-2-7-3-4-9(12-7)8-5-10-6-11-8/h3-6H,2H2,1H3. The Kier molecular flexibility index (Phi) is 1.96. The van der Waals surface area contributed by atoms with Crippen molar-refractivity contribution in [3.05, 3.63) is 29.6 Å². The summed E-state index contributed by atoms with van der Waals surface area (Å²) in [6.45, 7) is 2.15. The van der Waals surface area contributed by atoms with E-state index in [1.807, 2.05) is 0 Å². The van der Waals surface area contributed by atoms with E-state index in [1.54, 1.807) is 17.5 Å². The molecule has 0 atom stereocenters. The first kappa shape index (κ1) is 7.55. The quantitative estimate of drug-likeness (QED) is 0.708. The zero-order chi connectivity index (χ0) is 8.39. The van der Waals surface area contributed by atoms with E-state index in [0.717, 1.165) is 17.1 Å². The van der Waals surface area contributed by atoms with Crippen molar-refractivity contribution in [2.45, 2.75) is 13.3 Å². The lowest BCUT2D eigenvalue weighted by molar-refractivity contribution is 0.573. The number of thiophene rings is 1. The number of aromatic nitrogens is 1. The van der Waals surface area contributed by atoms with Crippen LogP contribution in [0.2, 0.25) is 0 Å². The normalized spacial score (nSPS) is 10.4. The first-order valence-corrected chi connectivity index (χ1v) is 4.69. The van der Waals surface area contributed by atoms with Gasteiger partial charge in [0, 0.05) is 4.88 Å². The van der Waals surface area contributed by atoms with Gasteiger partial charge in [-0.2, -0.15) is 0 Å². The molecule has 0 unspecified atom stereocenters. The van der Waals surface area contributed by atoms with E-state index in [-0.39, 0.29) is 0 Å². The fourth-order valence-corrected chi connectivity index (χ4v) is 1.94. The molecule has 2 rings (SSSR count). The maximum absolute atomic E-state index is 5.18. The van der Waals surface area contributed by atoms with Gasteiger partial charge in [-0.1, -0.05) is 6.92 Å². The van der Waals surface area contributed by atoms with Gasteiger partial charge in [0.15, 0.2) is 12.2 Å². The smallest absolute Gasteiger partial charge is 0.181 e. The van der Waals surface area contributed by atoms with Gasteiger partial charge in [-0.15, -0.1) is 11.3 Å². The van der Waals surface area contributed by atoms with Crippen LogP contribution in [0.25, 0.3) is 10.6 Å². The van der Waals surface area contributed by atoms with Gasteiger partial charge in [-0.3, -0.25) is 0 Å². The highest BCUT2D eigenvalue weighted by Gasteiger charge is 2.03. The average Bonchev–Trinajstić information content (AvgIpc) is 2.75. The molecule has 2 nitrogen and oxygen atoms in total. The SMILES string of the molecule is CCc1ccc(-c2cnco2)s1. The number of nitrogens with zero attached hydrogens (tertiary/aromatic N) is 1. The van der Waals surface area contributed by atoms with Crippen LogP contribution in [0, 0.1) is 0 Å². The largest absolute Gasteiger partial charge is 0.443 e. The lowest BCUT2D eigenvalue weighted by Crippen LogP contribution is -1.64. The van der Waals surface area contributed by atoms with Gasteiger partial charge in [0.2, 0.25) is 0 Å². The first-order valence-electron chi connectivity index (χ1n) is 3.87. The molecule has 3 heteroatoms. The van der Waals surface area contributed by atoms with Gasteiger partial charge in [0.25, 0.3) is 0 Å². The molecule has 0 fully saturated rings. The summed E-state index contributed by atoms with van der Waals surface area (Å²) in [7, 11) is 0. The molecule has 0 bridgehead atoms. The molecule has 0 aliphatic heterocycles. The molecule has 0 amide bonds. The van der Waals surface area contributed by atoms with Crippen molar-refractivity contribution in [1.82, 2.24) is 4.98 Å². The van der Waals surface area contributed by atoms with Crippen LogP contribution in [0.15, 0.2) is 29.1 Å². The summed E-state index contributed by atoms with van der Waals surface area (Å²) >= 11 is 1.76. The van der Waals surface area contributed by atoms with Crippen molar-refractivity contribution < 1.29 is 4.42 Å². The Morgan fingerprint density at radius 3 is 3.00 bits per heavy atom. The Balaban J connectivity index is 2.35. The van der Waals surface area contributed by atoms with Crippen molar-refractivity contribution in [2.24, 2.45) is 0 Å². The summed E-state index contributed by atoms with van der Waals surface area (Å²) < 4.78 is 5.18. The topological polar surface area (TPSA) is 26.0 Å². The number of hydrogen-bond donors (Lipinski definition) is 0. The molecule has 0 aliphatic rings. The molecule has 0 aromatic carbocycles. The Morgan fingerprint density at radius 2 is 2.42 bits per heavy atom. The highest BCUT2D eigenvalue weighted by molar-refractivity contribution is 7.15. The Bertz CT molecular complexity index is 350. The molecule has 0 radical (unpaired) electrons. The van der Waals surface area contributed by atoms with E-state index in [2.05, 4.69) is 24.0 Å². The van der Waals surface area contributed by atoms with Crippen LogP contribution in [-0.4, -0.2) is 4.98 Å². The zero-order valence-electron chi connectivity index (χ0n) is 6.78. The molecule has 0 aliphatic carbocycles. The third-order valence-corrected chi connectivity index (χ3v) is 2.93. The van der Waals surface area contributed by atoms with Gasteiger partial charge in [-0.05, 0) is 18.6 Å². The zero-order valence-corrected chi connectivity index (χ0v) is 7.60. The van der Waals surface area contributed by atoms with E-state index in [0.29, 0.717) is 0 Å². The average molecular weight is 179 g/mol. The number of oxazole rings is 1. The summed E-state index contributed by atoms with van der Waals surface area (Å²) in [6.07, 6.45) is 4.28. The Hall–Kier alpha value is -1.09. The minimum atomic E-state index is 0.861. The van der Waals surface area contributed by atoms with E-state index in [1.165, 1.54) is 11.3 Å². The second-order valence-electron chi connectivity index (χ2n) is 2.49. The van der Waals surface area contributed by atoms with Gasteiger partial charge in [0.05, 0.1) is 11.1 Å². The van der Waals surface area contributed by atoms with Crippen LogP contribution < -0.4 is 0 Å². The number of aryl methyl sites for hydroxylation is 1. The number of hydrogen-bond acceptors (Lipinski definition) is 3. The van der Waals surface area contributed by atoms with E-state index in [9.17, 15) is 0 Å². The van der Waals surface area contributed by atoms with E-state index < -0.39 is 0 Å². The minimum Gasteiger partial charge on any atom is -0.443 e. The van der Waals surface area contributed by atoms with E-state index in [4.69, 9.17) is 4.42 Å². The van der Waals surface area contributed by atoms with Crippen molar-refractivity contribution in [2.75, 3.05) is 0 Å². The summed E-state index contributed by atoms with van der Waals surface area (Å²) in [5.74, 6) is 0.861. The van der Waals surface area contributed by atoms with Crippen LogP contribution in [-0.2, 0) is 6.42 Å². The highest BCUT2D eigenvalue weighted by Crippen LogP contribution is 2.27. The third-order valence-electron chi connectivity index (χ3n) is 1.69. The lowest BCUT2D eigenvalue weighted by atomic mass is 10.3. The van der Waals surface area contributed by atoms with E-state index >= 15 is 0 Å². The predicted molar refractivity (Wildman–Crippen MR) is 49.2 cm³/mol. The Labute approximate surface area is 74.9 Å². The summed E-state index contributed by atoms with van der Waals surface area (Å²) in [4.78, 5) is 6.41. The summed E-state index contributed by atoms with van der Waals surface area (Å²) in [5, 5.41) is 0. The third kappa shape index (κ3) is 1.28. The molecule has 0 saturated carbocycles.